The molecule has 5 nitrogen and oxygen atoms in total. The minimum Gasteiger partial charge on any atom is -0.383 e. The van der Waals surface area contributed by atoms with Crippen LogP contribution >= 0.6 is 15.9 Å². The van der Waals surface area contributed by atoms with Crippen LogP contribution in [0.2, 0.25) is 0 Å². The number of ketones is 1. The molecule has 1 fully saturated rings. The number of aromatic nitrogens is 1. The molecule has 0 saturated heterocycles. The number of pyridine rings is 1. The molecule has 2 rings (SSSR count). The molecule has 0 aromatic carbocycles. The predicted molar refractivity (Wildman–Crippen MR) is 80.3 cm³/mol. The summed E-state index contributed by atoms with van der Waals surface area (Å²) in [6, 6.07) is 1.60. The highest BCUT2D eigenvalue weighted by molar-refractivity contribution is 9.10. The maximum absolute atomic E-state index is 12.0. The number of carbonyl (C=O) groups excluding carboxylic acids is 2. The van der Waals surface area contributed by atoms with E-state index in [1.54, 1.807) is 6.07 Å². The van der Waals surface area contributed by atoms with Crippen molar-refractivity contribution in [2.24, 2.45) is 5.92 Å². The molecule has 108 valence electrons. The molecule has 1 amide bonds. The van der Waals surface area contributed by atoms with E-state index in [0.717, 1.165) is 25.7 Å². The second-order valence-corrected chi connectivity index (χ2v) is 5.99. The SMILES string of the molecule is Nc1ncc(Br)cc1C(=O)NCC(=O)C1CCCCC1. The number of nitrogens with one attached hydrogen (secondary N) is 1. The van der Waals surface area contributed by atoms with E-state index in [0.29, 0.717) is 4.47 Å². The standard InChI is InChI=1S/C14H18BrN3O2/c15-10-6-11(13(16)17-7-10)14(20)18-8-12(19)9-4-2-1-3-5-9/h6-7,9H,1-5,8H2,(H2,16,17)(H,18,20). The average molecular weight is 340 g/mol. The molecule has 1 aromatic rings. The maximum Gasteiger partial charge on any atom is 0.255 e. The lowest BCUT2D eigenvalue weighted by Crippen LogP contribution is -2.34. The van der Waals surface area contributed by atoms with E-state index in [2.05, 4.69) is 26.2 Å². The summed E-state index contributed by atoms with van der Waals surface area (Å²) >= 11 is 3.24. The Kier molecular flexibility index (Phi) is 5.11. The molecule has 1 aromatic heterocycles. The van der Waals surface area contributed by atoms with Crippen molar-refractivity contribution >= 4 is 33.4 Å². The Labute approximate surface area is 126 Å². The van der Waals surface area contributed by atoms with E-state index >= 15 is 0 Å². The highest BCUT2D eigenvalue weighted by atomic mass is 79.9. The highest BCUT2D eigenvalue weighted by Gasteiger charge is 2.21. The third-order valence-corrected chi connectivity index (χ3v) is 4.05. The molecule has 0 aliphatic heterocycles. The summed E-state index contributed by atoms with van der Waals surface area (Å²) in [7, 11) is 0. The zero-order valence-corrected chi connectivity index (χ0v) is 12.8. The Morgan fingerprint density at radius 2 is 2.05 bits per heavy atom. The molecule has 0 atom stereocenters. The Morgan fingerprint density at radius 1 is 1.35 bits per heavy atom. The summed E-state index contributed by atoms with van der Waals surface area (Å²) in [6.45, 7) is 0.0649. The van der Waals surface area contributed by atoms with E-state index in [9.17, 15) is 9.59 Å². The number of amides is 1. The molecule has 3 N–H and O–H groups in total. The first-order valence-corrected chi connectivity index (χ1v) is 7.59. The fourth-order valence-electron chi connectivity index (χ4n) is 2.46. The van der Waals surface area contributed by atoms with Crippen LogP contribution in [0.25, 0.3) is 0 Å². The third kappa shape index (κ3) is 3.79. The Bertz CT molecular complexity index is 513. The number of nitrogen functional groups attached to an aromatic ring is 1. The Morgan fingerprint density at radius 3 is 2.75 bits per heavy atom. The lowest BCUT2D eigenvalue weighted by atomic mass is 9.86. The van der Waals surface area contributed by atoms with Crippen molar-refractivity contribution in [1.29, 1.82) is 0 Å². The van der Waals surface area contributed by atoms with Gasteiger partial charge in [-0.1, -0.05) is 19.3 Å². The van der Waals surface area contributed by atoms with Gasteiger partial charge in [-0.25, -0.2) is 4.98 Å². The highest BCUT2D eigenvalue weighted by Crippen LogP contribution is 2.24. The minimum absolute atomic E-state index is 0.0649. The number of nitrogens with two attached hydrogens (primary N) is 1. The zero-order chi connectivity index (χ0) is 14.5. The molecule has 6 heteroatoms. The van der Waals surface area contributed by atoms with Crippen LogP contribution in [-0.2, 0) is 4.79 Å². The zero-order valence-electron chi connectivity index (χ0n) is 11.2. The van der Waals surface area contributed by atoms with Crippen LogP contribution in [-0.4, -0.2) is 23.2 Å². The molecule has 20 heavy (non-hydrogen) atoms. The molecule has 1 aliphatic rings. The van der Waals surface area contributed by atoms with E-state index in [4.69, 9.17) is 5.73 Å². The number of Topliss-reactive ketones (excluding diaryl/α,β-unsaturated/α-hetero) is 1. The first-order chi connectivity index (χ1) is 9.58. The van der Waals surface area contributed by atoms with Crippen LogP contribution in [0.5, 0.6) is 0 Å². The van der Waals surface area contributed by atoms with Crippen LogP contribution in [0.1, 0.15) is 42.5 Å². The molecule has 0 bridgehead atoms. The Hall–Kier alpha value is -1.43. The summed E-state index contributed by atoms with van der Waals surface area (Å²) in [4.78, 5) is 27.9. The van der Waals surface area contributed by atoms with Crippen LogP contribution in [0.3, 0.4) is 0 Å². The number of hydrogen-bond acceptors (Lipinski definition) is 4. The molecule has 1 saturated carbocycles. The normalized spacial score (nSPS) is 15.8. The van der Waals surface area contributed by atoms with Gasteiger partial charge >= 0.3 is 0 Å². The predicted octanol–water partition coefficient (Wildman–Crippen LogP) is 2.31. The van der Waals surface area contributed by atoms with Gasteiger partial charge in [0.1, 0.15) is 5.82 Å². The van der Waals surface area contributed by atoms with Crippen molar-refractivity contribution in [3.63, 3.8) is 0 Å². The first-order valence-electron chi connectivity index (χ1n) is 6.80. The smallest absolute Gasteiger partial charge is 0.255 e. The summed E-state index contributed by atoms with van der Waals surface area (Å²) in [6.07, 6.45) is 6.82. The molecule has 1 aliphatic carbocycles. The van der Waals surface area contributed by atoms with Crippen LogP contribution in [0, 0.1) is 5.92 Å². The largest absolute Gasteiger partial charge is 0.383 e. The van der Waals surface area contributed by atoms with Gasteiger partial charge in [-0.2, -0.15) is 0 Å². The minimum atomic E-state index is -0.361. The number of nitrogens with zero attached hydrogens (tertiary/aromatic N) is 1. The van der Waals surface area contributed by atoms with Crippen molar-refractivity contribution in [2.45, 2.75) is 32.1 Å². The van der Waals surface area contributed by atoms with Crippen molar-refractivity contribution < 1.29 is 9.59 Å². The van der Waals surface area contributed by atoms with E-state index < -0.39 is 0 Å². The summed E-state index contributed by atoms with van der Waals surface area (Å²) in [5.74, 6) is 0.0119. The monoisotopic (exact) mass is 339 g/mol. The summed E-state index contributed by atoms with van der Waals surface area (Å²) < 4.78 is 0.676. The molecule has 0 spiro atoms. The first kappa shape index (κ1) is 15.0. The van der Waals surface area contributed by atoms with Gasteiger partial charge in [0.15, 0.2) is 5.78 Å². The third-order valence-electron chi connectivity index (χ3n) is 3.61. The Balaban J connectivity index is 1.91. The second-order valence-electron chi connectivity index (χ2n) is 5.07. The van der Waals surface area contributed by atoms with Crippen molar-refractivity contribution in [2.75, 3.05) is 12.3 Å². The quantitative estimate of drug-likeness (QED) is 0.881. The summed E-state index contributed by atoms with van der Waals surface area (Å²) in [5.41, 5.74) is 5.95. The fraction of sp³-hybridized carbons (Fsp3) is 0.500. The van der Waals surface area contributed by atoms with Crippen LogP contribution in [0.4, 0.5) is 5.82 Å². The topological polar surface area (TPSA) is 85.1 Å². The number of halogens is 1. The van der Waals surface area contributed by atoms with E-state index in [1.807, 2.05) is 0 Å². The lowest BCUT2D eigenvalue weighted by molar-refractivity contribution is -0.122. The lowest BCUT2D eigenvalue weighted by Gasteiger charge is -2.20. The summed E-state index contributed by atoms with van der Waals surface area (Å²) in [5, 5.41) is 2.63. The van der Waals surface area contributed by atoms with Crippen molar-refractivity contribution in [1.82, 2.24) is 10.3 Å². The number of rotatable bonds is 4. The van der Waals surface area contributed by atoms with Gasteiger partial charge < -0.3 is 11.1 Å². The van der Waals surface area contributed by atoms with Crippen molar-refractivity contribution in [3.8, 4) is 0 Å². The van der Waals surface area contributed by atoms with Gasteiger partial charge in [-0.3, -0.25) is 9.59 Å². The average Bonchev–Trinajstić information content (AvgIpc) is 2.47. The van der Waals surface area contributed by atoms with Crippen LogP contribution in [0.15, 0.2) is 16.7 Å². The van der Waals surface area contributed by atoms with Gasteiger partial charge in [0, 0.05) is 16.6 Å². The van der Waals surface area contributed by atoms with Gasteiger partial charge in [0.05, 0.1) is 12.1 Å². The fourth-order valence-corrected chi connectivity index (χ4v) is 2.79. The molecular weight excluding hydrogens is 322 g/mol. The number of anilines is 1. The van der Waals surface area contributed by atoms with Gasteiger partial charge in [0.2, 0.25) is 0 Å². The van der Waals surface area contributed by atoms with Crippen molar-refractivity contribution in [3.05, 3.63) is 22.3 Å². The van der Waals surface area contributed by atoms with E-state index in [-0.39, 0.29) is 35.5 Å². The molecule has 0 unspecified atom stereocenters. The second kappa shape index (κ2) is 6.83. The van der Waals surface area contributed by atoms with Gasteiger partial charge in [-0.15, -0.1) is 0 Å². The number of hydrogen-bond donors (Lipinski definition) is 2. The molecule has 0 radical (unpaired) electrons. The maximum atomic E-state index is 12.0. The van der Waals surface area contributed by atoms with Gasteiger partial charge in [0.25, 0.3) is 5.91 Å². The number of carbonyl (C=O) groups is 2. The van der Waals surface area contributed by atoms with Gasteiger partial charge in [-0.05, 0) is 34.8 Å². The van der Waals surface area contributed by atoms with E-state index in [1.165, 1.54) is 12.6 Å². The molecular formula is C14H18BrN3O2. The molecule has 1 heterocycles. The van der Waals surface area contributed by atoms with Crippen LogP contribution < -0.4 is 11.1 Å².